The van der Waals surface area contributed by atoms with Gasteiger partial charge in [0.15, 0.2) is 0 Å². The van der Waals surface area contributed by atoms with Gasteiger partial charge in [0.25, 0.3) is 0 Å². The van der Waals surface area contributed by atoms with E-state index in [9.17, 15) is 0 Å². The average Bonchev–Trinajstić information content (AvgIpc) is 2.47. The van der Waals surface area contributed by atoms with E-state index in [1.807, 2.05) is 0 Å². The normalized spacial score (nSPS) is 16.8. The summed E-state index contributed by atoms with van der Waals surface area (Å²) >= 11 is 0. The Kier molecular flexibility index (Phi) is 4.99. The number of hydrogen-bond acceptors (Lipinski definition) is 4. The number of hydrogen-bond donors (Lipinski definition) is 1. The maximum atomic E-state index is 6.08. The average molecular weight is 291 g/mol. The number of methoxy groups -OCH3 is 1. The molecule has 0 spiro atoms. The van der Waals surface area contributed by atoms with Crippen molar-refractivity contribution in [2.75, 3.05) is 44.9 Å². The second-order valence-electron chi connectivity index (χ2n) is 6.49. The zero-order valence-corrected chi connectivity index (χ0v) is 14.0. The summed E-state index contributed by atoms with van der Waals surface area (Å²) in [5.74, 6) is 1.24. The zero-order valence-electron chi connectivity index (χ0n) is 14.0. The molecular formula is C17H29N3O. The van der Waals surface area contributed by atoms with Gasteiger partial charge in [0, 0.05) is 30.9 Å². The number of ether oxygens (including phenoxy) is 1. The minimum Gasteiger partial charge on any atom is -0.495 e. The standard InChI is InChI=1S/C17H29N3O/c1-12(2)14-10-15(18)17(21-5)11-16(14)20-8-6-13(7-9-20)19(3)4/h10-13H,6-9,18H2,1-5H3. The molecule has 4 nitrogen and oxygen atoms in total. The lowest BCUT2D eigenvalue weighted by Gasteiger charge is -2.38. The molecule has 0 saturated carbocycles. The Morgan fingerprint density at radius 3 is 2.33 bits per heavy atom. The molecule has 0 radical (unpaired) electrons. The van der Waals surface area contributed by atoms with E-state index < -0.39 is 0 Å². The molecule has 4 heteroatoms. The molecule has 1 aliphatic heterocycles. The molecule has 0 aliphatic carbocycles. The molecule has 1 aliphatic rings. The molecule has 0 unspecified atom stereocenters. The topological polar surface area (TPSA) is 41.7 Å². The van der Waals surface area contributed by atoms with E-state index in [0.29, 0.717) is 12.0 Å². The van der Waals surface area contributed by atoms with Gasteiger partial charge in [-0.15, -0.1) is 0 Å². The highest BCUT2D eigenvalue weighted by atomic mass is 16.5. The third-order valence-corrected chi connectivity index (χ3v) is 4.54. The predicted molar refractivity (Wildman–Crippen MR) is 90.4 cm³/mol. The lowest BCUT2D eigenvalue weighted by Crippen LogP contribution is -2.42. The van der Waals surface area contributed by atoms with Crippen LogP contribution in [0.4, 0.5) is 11.4 Å². The number of benzene rings is 1. The van der Waals surface area contributed by atoms with E-state index in [1.165, 1.54) is 24.1 Å². The van der Waals surface area contributed by atoms with Crippen LogP contribution in [0.25, 0.3) is 0 Å². The number of nitrogens with two attached hydrogens (primary N) is 1. The Labute approximate surface area is 128 Å². The van der Waals surface area contributed by atoms with Gasteiger partial charge in [0.1, 0.15) is 5.75 Å². The van der Waals surface area contributed by atoms with Crippen molar-refractivity contribution in [3.8, 4) is 5.75 Å². The summed E-state index contributed by atoms with van der Waals surface area (Å²) in [6.45, 7) is 6.62. The van der Waals surface area contributed by atoms with E-state index in [2.05, 4.69) is 49.9 Å². The third kappa shape index (κ3) is 3.43. The lowest BCUT2D eigenvalue weighted by molar-refractivity contribution is 0.249. The molecule has 0 amide bonds. The molecule has 0 atom stereocenters. The van der Waals surface area contributed by atoms with Crippen LogP contribution in [0.5, 0.6) is 5.75 Å². The summed E-state index contributed by atoms with van der Waals surface area (Å²) in [5, 5.41) is 0. The maximum Gasteiger partial charge on any atom is 0.143 e. The molecule has 1 heterocycles. The summed E-state index contributed by atoms with van der Waals surface area (Å²) in [6, 6.07) is 4.89. The second-order valence-corrected chi connectivity index (χ2v) is 6.49. The molecule has 2 N–H and O–H groups in total. The molecule has 118 valence electrons. The summed E-state index contributed by atoms with van der Waals surface area (Å²) in [5.41, 5.74) is 9.41. The first-order valence-corrected chi connectivity index (χ1v) is 7.82. The quantitative estimate of drug-likeness (QED) is 0.866. The van der Waals surface area contributed by atoms with Gasteiger partial charge >= 0.3 is 0 Å². The minimum atomic E-state index is 0.458. The Bertz CT molecular complexity index is 477. The first-order chi connectivity index (χ1) is 9.93. The van der Waals surface area contributed by atoms with Crippen molar-refractivity contribution < 1.29 is 4.74 Å². The first-order valence-electron chi connectivity index (χ1n) is 7.82. The number of nitrogen functional groups attached to an aromatic ring is 1. The van der Waals surface area contributed by atoms with Gasteiger partial charge in [-0.25, -0.2) is 0 Å². The monoisotopic (exact) mass is 291 g/mol. The van der Waals surface area contributed by atoms with Crippen LogP contribution in [-0.2, 0) is 0 Å². The molecule has 0 aromatic heterocycles. The van der Waals surface area contributed by atoms with Crippen molar-refractivity contribution in [3.63, 3.8) is 0 Å². The highest BCUT2D eigenvalue weighted by molar-refractivity contribution is 5.68. The lowest BCUT2D eigenvalue weighted by atomic mass is 9.96. The van der Waals surface area contributed by atoms with Gasteiger partial charge < -0.3 is 20.3 Å². The van der Waals surface area contributed by atoms with E-state index in [-0.39, 0.29) is 0 Å². The molecule has 1 fully saturated rings. The van der Waals surface area contributed by atoms with Gasteiger partial charge in [-0.05, 0) is 44.5 Å². The van der Waals surface area contributed by atoms with E-state index >= 15 is 0 Å². The van der Waals surface area contributed by atoms with Crippen molar-refractivity contribution in [3.05, 3.63) is 17.7 Å². The largest absolute Gasteiger partial charge is 0.495 e. The maximum absolute atomic E-state index is 6.08. The zero-order chi connectivity index (χ0) is 15.6. The summed E-state index contributed by atoms with van der Waals surface area (Å²) in [4.78, 5) is 4.82. The van der Waals surface area contributed by atoms with Gasteiger partial charge in [0.2, 0.25) is 0 Å². The van der Waals surface area contributed by atoms with Crippen molar-refractivity contribution in [2.24, 2.45) is 0 Å². The molecule has 0 bridgehead atoms. The SMILES string of the molecule is COc1cc(N2CCC(N(C)C)CC2)c(C(C)C)cc1N. The van der Waals surface area contributed by atoms with Crippen LogP contribution in [0.1, 0.15) is 38.2 Å². The molecule has 2 rings (SSSR count). The number of rotatable bonds is 4. The van der Waals surface area contributed by atoms with Crippen LogP contribution in [0.15, 0.2) is 12.1 Å². The Morgan fingerprint density at radius 1 is 1.24 bits per heavy atom. The molecular weight excluding hydrogens is 262 g/mol. The Morgan fingerprint density at radius 2 is 1.86 bits per heavy atom. The Balaban J connectivity index is 2.26. The first kappa shape index (κ1) is 16.0. The summed E-state index contributed by atoms with van der Waals surface area (Å²) < 4.78 is 5.41. The van der Waals surface area contributed by atoms with Gasteiger partial charge in [-0.2, -0.15) is 0 Å². The van der Waals surface area contributed by atoms with Crippen molar-refractivity contribution >= 4 is 11.4 Å². The predicted octanol–water partition coefficient (Wildman–Crippen LogP) is 2.93. The van der Waals surface area contributed by atoms with Crippen LogP contribution < -0.4 is 15.4 Å². The van der Waals surface area contributed by atoms with Gasteiger partial charge in [-0.1, -0.05) is 13.8 Å². The van der Waals surface area contributed by atoms with E-state index in [4.69, 9.17) is 10.5 Å². The van der Waals surface area contributed by atoms with Crippen LogP contribution in [0.2, 0.25) is 0 Å². The highest BCUT2D eigenvalue weighted by Crippen LogP contribution is 2.37. The van der Waals surface area contributed by atoms with Crippen molar-refractivity contribution in [2.45, 2.75) is 38.6 Å². The minimum absolute atomic E-state index is 0.458. The van der Waals surface area contributed by atoms with Gasteiger partial charge in [-0.3, -0.25) is 0 Å². The molecule has 1 saturated heterocycles. The number of anilines is 2. The van der Waals surface area contributed by atoms with Crippen molar-refractivity contribution in [1.29, 1.82) is 0 Å². The van der Waals surface area contributed by atoms with Crippen LogP contribution in [0, 0.1) is 0 Å². The number of piperidine rings is 1. The second kappa shape index (κ2) is 6.56. The smallest absolute Gasteiger partial charge is 0.143 e. The summed E-state index contributed by atoms with van der Waals surface area (Å²) in [7, 11) is 6.03. The van der Waals surface area contributed by atoms with E-state index in [1.54, 1.807) is 7.11 Å². The fourth-order valence-electron chi connectivity index (χ4n) is 3.14. The fourth-order valence-corrected chi connectivity index (χ4v) is 3.14. The van der Waals surface area contributed by atoms with Crippen LogP contribution in [-0.4, -0.2) is 45.2 Å². The third-order valence-electron chi connectivity index (χ3n) is 4.54. The summed E-state index contributed by atoms with van der Waals surface area (Å²) in [6.07, 6.45) is 2.41. The highest BCUT2D eigenvalue weighted by Gasteiger charge is 2.23. The van der Waals surface area contributed by atoms with E-state index in [0.717, 1.165) is 24.5 Å². The van der Waals surface area contributed by atoms with Crippen LogP contribution in [0.3, 0.4) is 0 Å². The van der Waals surface area contributed by atoms with Crippen molar-refractivity contribution in [1.82, 2.24) is 4.90 Å². The van der Waals surface area contributed by atoms with Crippen LogP contribution >= 0.6 is 0 Å². The molecule has 1 aromatic carbocycles. The molecule has 1 aromatic rings. The Hall–Kier alpha value is -1.42. The number of nitrogens with zero attached hydrogens (tertiary/aromatic N) is 2. The van der Waals surface area contributed by atoms with Gasteiger partial charge in [0.05, 0.1) is 12.8 Å². The fraction of sp³-hybridized carbons (Fsp3) is 0.647. The molecule has 21 heavy (non-hydrogen) atoms.